The summed E-state index contributed by atoms with van der Waals surface area (Å²) in [4.78, 5) is 0. The molecule has 2 atom stereocenters. The summed E-state index contributed by atoms with van der Waals surface area (Å²) in [5, 5.41) is 13.6. The number of rotatable bonds is 4. The zero-order valence-corrected chi connectivity index (χ0v) is 13.5. The van der Waals surface area contributed by atoms with E-state index in [9.17, 15) is 5.11 Å². The van der Waals surface area contributed by atoms with Crippen molar-refractivity contribution >= 4 is 15.9 Å². The molecule has 0 amide bonds. The molecule has 3 heteroatoms. The molecule has 0 saturated heterocycles. The van der Waals surface area contributed by atoms with Crippen LogP contribution in [-0.4, -0.2) is 23.8 Å². The largest absolute Gasteiger partial charge is 0.393 e. The molecule has 2 aliphatic carbocycles. The van der Waals surface area contributed by atoms with Gasteiger partial charge in [-0.3, -0.25) is 0 Å². The number of halogens is 1. The van der Waals surface area contributed by atoms with E-state index in [-0.39, 0.29) is 6.10 Å². The predicted octanol–water partition coefficient (Wildman–Crippen LogP) is 3.84. The van der Waals surface area contributed by atoms with Crippen molar-refractivity contribution in [2.75, 3.05) is 6.54 Å². The van der Waals surface area contributed by atoms with E-state index >= 15 is 0 Å². The SMILES string of the molecule is OC1CCCCC1CNC1CC(c2cccc(Br)c2)C1. The van der Waals surface area contributed by atoms with Crippen LogP contribution < -0.4 is 5.32 Å². The van der Waals surface area contributed by atoms with Gasteiger partial charge >= 0.3 is 0 Å². The van der Waals surface area contributed by atoms with Crippen molar-refractivity contribution in [1.82, 2.24) is 5.32 Å². The minimum Gasteiger partial charge on any atom is -0.393 e. The molecule has 20 heavy (non-hydrogen) atoms. The van der Waals surface area contributed by atoms with Crippen molar-refractivity contribution < 1.29 is 5.11 Å². The molecule has 2 aliphatic rings. The van der Waals surface area contributed by atoms with E-state index in [1.807, 2.05) is 0 Å². The minimum atomic E-state index is -0.0720. The molecule has 2 N–H and O–H groups in total. The lowest BCUT2D eigenvalue weighted by Gasteiger charge is -2.38. The van der Waals surface area contributed by atoms with Crippen molar-refractivity contribution in [3.63, 3.8) is 0 Å². The van der Waals surface area contributed by atoms with Crippen LogP contribution in [0.4, 0.5) is 0 Å². The summed E-state index contributed by atoms with van der Waals surface area (Å²) in [7, 11) is 0. The van der Waals surface area contributed by atoms with Gasteiger partial charge in [0.05, 0.1) is 6.10 Å². The predicted molar refractivity (Wildman–Crippen MR) is 85.9 cm³/mol. The van der Waals surface area contributed by atoms with Crippen molar-refractivity contribution in [2.45, 2.75) is 56.6 Å². The molecule has 0 spiro atoms. The first-order chi connectivity index (χ1) is 9.72. The zero-order chi connectivity index (χ0) is 13.9. The van der Waals surface area contributed by atoms with E-state index in [2.05, 4.69) is 45.5 Å². The molecule has 2 unspecified atom stereocenters. The maximum absolute atomic E-state index is 9.99. The molecule has 1 aromatic rings. The molecule has 1 aromatic carbocycles. The van der Waals surface area contributed by atoms with Crippen molar-refractivity contribution in [1.29, 1.82) is 0 Å². The topological polar surface area (TPSA) is 32.3 Å². The molecule has 3 rings (SSSR count). The van der Waals surface area contributed by atoms with Gasteiger partial charge in [-0.25, -0.2) is 0 Å². The molecule has 2 fully saturated rings. The van der Waals surface area contributed by atoms with Gasteiger partial charge in [-0.1, -0.05) is 40.9 Å². The Hall–Kier alpha value is -0.380. The first-order valence-electron chi connectivity index (χ1n) is 7.89. The van der Waals surface area contributed by atoms with Crippen LogP contribution in [0.3, 0.4) is 0 Å². The van der Waals surface area contributed by atoms with Crippen LogP contribution in [0.15, 0.2) is 28.7 Å². The number of aliphatic hydroxyl groups excluding tert-OH is 1. The van der Waals surface area contributed by atoms with Gasteiger partial charge in [0, 0.05) is 17.1 Å². The van der Waals surface area contributed by atoms with Gasteiger partial charge in [0.2, 0.25) is 0 Å². The van der Waals surface area contributed by atoms with Gasteiger partial charge in [-0.05, 0) is 55.2 Å². The molecule has 110 valence electrons. The van der Waals surface area contributed by atoms with Crippen LogP contribution in [0.25, 0.3) is 0 Å². The van der Waals surface area contributed by atoms with E-state index in [0.29, 0.717) is 17.9 Å². The fourth-order valence-corrected chi connectivity index (χ4v) is 3.98. The second-order valence-electron chi connectivity index (χ2n) is 6.44. The highest BCUT2D eigenvalue weighted by atomic mass is 79.9. The van der Waals surface area contributed by atoms with Crippen LogP contribution in [-0.2, 0) is 0 Å². The first kappa shape index (κ1) is 14.6. The summed E-state index contributed by atoms with van der Waals surface area (Å²) in [5.74, 6) is 1.19. The number of hydrogen-bond donors (Lipinski definition) is 2. The third-order valence-electron chi connectivity index (χ3n) is 5.00. The fraction of sp³-hybridized carbons (Fsp3) is 0.647. The van der Waals surface area contributed by atoms with Gasteiger partial charge in [-0.15, -0.1) is 0 Å². The van der Waals surface area contributed by atoms with Crippen LogP contribution in [0.1, 0.15) is 50.0 Å². The van der Waals surface area contributed by atoms with Crippen molar-refractivity contribution in [3.8, 4) is 0 Å². The molecule has 0 aliphatic heterocycles. The fourth-order valence-electron chi connectivity index (χ4n) is 3.56. The third-order valence-corrected chi connectivity index (χ3v) is 5.49. The molecule has 2 saturated carbocycles. The van der Waals surface area contributed by atoms with Gasteiger partial charge in [0.15, 0.2) is 0 Å². The summed E-state index contributed by atoms with van der Waals surface area (Å²) in [6.45, 7) is 0.997. The van der Waals surface area contributed by atoms with E-state index in [0.717, 1.165) is 13.0 Å². The Bertz CT molecular complexity index is 444. The normalized spacial score (nSPS) is 33.7. The van der Waals surface area contributed by atoms with Crippen molar-refractivity contribution in [3.05, 3.63) is 34.3 Å². The molecular weight excluding hydrogens is 314 g/mol. The second-order valence-corrected chi connectivity index (χ2v) is 7.36. The average Bonchev–Trinajstić information content (AvgIpc) is 2.39. The van der Waals surface area contributed by atoms with Gasteiger partial charge in [0.1, 0.15) is 0 Å². The van der Waals surface area contributed by atoms with Gasteiger partial charge in [0.25, 0.3) is 0 Å². The van der Waals surface area contributed by atoms with Gasteiger partial charge in [-0.2, -0.15) is 0 Å². The highest BCUT2D eigenvalue weighted by Gasteiger charge is 2.31. The third kappa shape index (κ3) is 3.44. The lowest BCUT2D eigenvalue weighted by molar-refractivity contribution is 0.0655. The molecule has 0 radical (unpaired) electrons. The summed E-state index contributed by atoms with van der Waals surface area (Å²) < 4.78 is 1.18. The summed E-state index contributed by atoms with van der Waals surface area (Å²) >= 11 is 3.54. The van der Waals surface area contributed by atoms with E-state index in [4.69, 9.17) is 0 Å². The Morgan fingerprint density at radius 3 is 2.75 bits per heavy atom. The zero-order valence-electron chi connectivity index (χ0n) is 11.9. The minimum absolute atomic E-state index is 0.0720. The summed E-state index contributed by atoms with van der Waals surface area (Å²) in [5.41, 5.74) is 1.45. The molecular formula is C17H24BrNO. The lowest BCUT2D eigenvalue weighted by Crippen LogP contribution is -2.44. The number of aliphatic hydroxyl groups is 1. The van der Waals surface area contributed by atoms with Gasteiger partial charge < -0.3 is 10.4 Å². The monoisotopic (exact) mass is 337 g/mol. The molecule has 0 aromatic heterocycles. The number of nitrogens with one attached hydrogen (secondary N) is 1. The maximum atomic E-state index is 9.99. The van der Waals surface area contributed by atoms with Crippen molar-refractivity contribution in [2.24, 2.45) is 5.92 Å². The first-order valence-corrected chi connectivity index (χ1v) is 8.68. The Balaban J connectivity index is 1.42. The van der Waals surface area contributed by atoms with Crippen LogP contribution in [0, 0.1) is 5.92 Å². The summed E-state index contributed by atoms with van der Waals surface area (Å²) in [6, 6.07) is 9.33. The maximum Gasteiger partial charge on any atom is 0.0580 e. The highest BCUT2D eigenvalue weighted by molar-refractivity contribution is 9.10. The highest BCUT2D eigenvalue weighted by Crippen LogP contribution is 2.38. The quantitative estimate of drug-likeness (QED) is 0.874. The smallest absolute Gasteiger partial charge is 0.0580 e. The van der Waals surface area contributed by atoms with E-state index in [1.54, 1.807) is 0 Å². The number of hydrogen-bond acceptors (Lipinski definition) is 2. The lowest BCUT2D eigenvalue weighted by atomic mass is 9.75. The van der Waals surface area contributed by atoms with Crippen LogP contribution in [0.2, 0.25) is 0 Å². The van der Waals surface area contributed by atoms with E-state index in [1.165, 1.54) is 42.1 Å². The Kier molecular flexibility index (Phi) is 4.79. The van der Waals surface area contributed by atoms with E-state index < -0.39 is 0 Å². The Morgan fingerprint density at radius 1 is 1.20 bits per heavy atom. The number of benzene rings is 1. The molecule has 0 bridgehead atoms. The Morgan fingerprint density at radius 2 is 2.00 bits per heavy atom. The molecule has 2 nitrogen and oxygen atoms in total. The standard InChI is InChI=1S/C17H24BrNO/c18-15-6-3-5-12(8-15)14-9-16(10-14)19-11-13-4-1-2-7-17(13)20/h3,5-6,8,13-14,16-17,19-20H,1-2,4,7,9-11H2. The van der Waals surface area contributed by atoms with Crippen LogP contribution in [0.5, 0.6) is 0 Å². The van der Waals surface area contributed by atoms with Crippen LogP contribution >= 0.6 is 15.9 Å². The molecule has 0 heterocycles. The Labute approximate surface area is 130 Å². The summed E-state index contributed by atoms with van der Waals surface area (Å²) in [6.07, 6.45) is 7.07. The second kappa shape index (κ2) is 6.59. The average molecular weight is 338 g/mol.